The molecule has 0 saturated carbocycles. The SMILES string of the molecule is CC(C)CCC(CCCOC(=O)CCCCCCCCCC(CCCCCCCCCC(=O)OCC(CCC(C)C)C(C)C)OC(=O)CCCN1CCCCC1)C(C)C. The van der Waals surface area contributed by atoms with E-state index in [-0.39, 0.29) is 24.0 Å². The molecule has 1 fully saturated rings. The van der Waals surface area contributed by atoms with E-state index in [1.165, 1.54) is 90.1 Å². The van der Waals surface area contributed by atoms with Crippen molar-refractivity contribution in [3.8, 4) is 0 Å². The van der Waals surface area contributed by atoms with E-state index in [9.17, 15) is 14.4 Å². The van der Waals surface area contributed by atoms with Crippen LogP contribution in [0.1, 0.15) is 242 Å². The van der Waals surface area contributed by atoms with Gasteiger partial charge in [0.2, 0.25) is 0 Å². The van der Waals surface area contributed by atoms with Gasteiger partial charge in [0.1, 0.15) is 6.10 Å². The summed E-state index contributed by atoms with van der Waals surface area (Å²) >= 11 is 0. The Morgan fingerprint density at radius 3 is 1.41 bits per heavy atom. The Hall–Kier alpha value is -1.63. The normalized spacial score (nSPS) is 15.3. The van der Waals surface area contributed by atoms with E-state index < -0.39 is 0 Å². The molecule has 0 aromatic carbocycles. The molecule has 1 heterocycles. The maximum absolute atomic E-state index is 12.9. The molecule has 0 aromatic heterocycles. The molecule has 0 N–H and O–H groups in total. The Kier molecular flexibility index (Phi) is 34.7. The third-order valence-electron chi connectivity index (χ3n) is 13.0. The van der Waals surface area contributed by atoms with E-state index in [0.29, 0.717) is 56.1 Å². The minimum atomic E-state index is -0.0326. The van der Waals surface area contributed by atoms with Crippen LogP contribution < -0.4 is 0 Å². The summed E-state index contributed by atoms with van der Waals surface area (Å²) < 4.78 is 17.3. The molecule has 3 atom stereocenters. The maximum atomic E-state index is 12.9. The second kappa shape index (κ2) is 37.0. The van der Waals surface area contributed by atoms with Crippen LogP contribution in [0.2, 0.25) is 0 Å². The zero-order valence-electron chi connectivity index (χ0n) is 40.5. The first-order valence-electron chi connectivity index (χ1n) is 25.6. The Morgan fingerprint density at radius 2 is 0.898 bits per heavy atom. The second-order valence-electron chi connectivity index (χ2n) is 20.1. The number of carbonyl (C=O) groups excluding carboxylic acids is 3. The van der Waals surface area contributed by atoms with Crippen molar-refractivity contribution in [2.24, 2.45) is 35.5 Å². The van der Waals surface area contributed by atoms with Gasteiger partial charge in [0.15, 0.2) is 0 Å². The fourth-order valence-electron chi connectivity index (χ4n) is 8.58. The van der Waals surface area contributed by atoms with Gasteiger partial charge in [-0.25, -0.2) is 0 Å². The van der Waals surface area contributed by atoms with Crippen LogP contribution in [-0.4, -0.2) is 61.8 Å². The summed E-state index contributed by atoms with van der Waals surface area (Å²) in [5.41, 5.74) is 0. The molecule has 1 aliphatic rings. The highest BCUT2D eigenvalue weighted by Gasteiger charge is 2.18. The summed E-state index contributed by atoms with van der Waals surface area (Å²) in [4.78, 5) is 40.0. The molecule has 7 heteroatoms. The molecule has 0 aromatic rings. The Bertz CT molecular complexity index is 1010. The highest BCUT2D eigenvalue weighted by atomic mass is 16.5. The van der Waals surface area contributed by atoms with Crippen molar-refractivity contribution in [3.05, 3.63) is 0 Å². The van der Waals surface area contributed by atoms with Gasteiger partial charge in [-0.3, -0.25) is 14.4 Å². The molecular weight excluding hydrogens is 735 g/mol. The summed E-state index contributed by atoms with van der Waals surface area (Å²) in [5.74, 6) is 3.78. The molecule has 0 radical (unpaired) electrons. The molecule has 0 bridgehead atoms. The number of ether oxygens (including phenoxy) is 3. The molecule has 0 spiro atoms. The monoisotopic (exact) mass is 834 g/mol. The lowest BCUT2D eigenvalue weighted by atomic mass is 9.85. The summed E-state index contributed by atoms with van der Waals surface area (Å²) in [7, 11) is 0. The summed E-state index contributed by atoms with van der Waals surface area (Å²) in [5, 5.41) is 0. The highest BCUT2D eigenvalue weighted by molar-refractivity contribution is 5.70. The molecular formula is C52H99NO6. The van der Waals surface area contributed by atoms with Crippen LogP contribution in [0.25, 0.3) is 0 Å². The number of hydrogen-bond acceptors (Lipinski definition) is 7. The highest BCUT2D eigenvalue weighted by Crippen LogP contribution is 2.25. The smallest absolute Gasteiger partial charge is 0.306 e. The van der Waals surface area contributed by atoms with Crippen molar-refractivity contribution in [2.75, 3.05) is 32.8 Å². The number of likely N-dealkylation sites (tertiary alicyclic amines) is 1. The van der Waals surface area contributed by atoms with E-state index in [4.69, 9.17) is 14.2 Å². The lowest BCUT2D eigenvalue weighted by molar-refractivity contribution is -0.150. The van der Waals surface area contributed by atoms with Crippen LogP contribution >= 0.6 is 0 Å². The number of unbranched alkanes of at least 4 members (excludes halogenated alkanes) is 12. The lowest BCUT2D eigenvalue weighted by Gasteiger charge is -2.26. The Morgan fingerprint density at radius 1 is 0.441 bits per heavy atom. The van der Waals surface area contributed by atoms with Crippen molar-refractivity contribution in [2.45, 2.75) is 248 Å². The van der Waals surface area contributed by atoms with Gasteiger partial charge in [0, 0.05) is 19.3 Å². The van der Waals surface area contributed by atoms with Crippen molar-refractivity contribution >= 4 is 17.9 Å². The summed E-state index contributed by atoms with van der Waals surface area (Å²) in [6.45, 7) is 22.7. The van der Waals surface area contributed by atoms with Crippen LogP contribution in [0.5, 0.6) is 0 Å². The van der Waals surface area contributed by atoms with Gasteiger partial charge < -0.3 is 19.1 Å². The van der Waals surface area contributed by atoms with Crippen molar-refractivity contribution in [1.82, 2.24) is 4.90 Å². The first kappa shape index (κ1) is 55.4. The molecule has 3 unspecified atom stereocenters. The van der Waals surface area contributed by atoms with Gasteiger partial charge in [0.05, 0.1) is 13.2 Å². The molecule has 59 heavy (non-hydrogen) atoms. The van der Waals surface area contributed by atoms with Gasteiger partial charge in [0.25, 0.3) is 0 Å². The first-order chi connectivity index (χ1) is 28.4. The van der Waals surface area contributed by atoms with Crippen LogP contribution in [-0.2, 0) is 28.6 Å². The van der Waals surface area contributed by atoms with Gasteiger partial charge in [-0.15, -0.1) is 0 Å². The van der Waals surface area contributed by atoms with Crippen LogP contribution in [0, 0.1) is 35.5 Å². The van der Waals surface area contributed by atoms with Gasteiger partial charge >= 0.3 is 17.9 Å². The van der Waals surface area contributed by atoms with E-state index in [1.807, 2.05) is 0 Å². The molecule has 348 valence electrons. The van der Waals surface area contributed by atoms with Crippen molar-refractivity contribution < 1.29 is 28.6 Å². The molecule has 1 aliphatic heterocycles. The largest absolute Gasteiger partial charge is 0.466 e. The summed E-state index contributed by atoms with van der Waals surface area (Å²) in [6, 6.07) is 0. The zero-order valence-corrected chi connectivity index (χ0v) is 40.5. The third-order valence-corrected chi connectivity index (χ3v) is 13.0. The second-order valence-corrected chi connectivity index (χ2v) is 20.1. The molecule has 1 rings (SSSR count). The average molecular weight is 834 g/mol. The van der Waals surface area contributed by atoms with E-state index in [2.05, 4.69) is 60.3 Å². The number of carbonyl (C=O) groups is 3. The van der Waals surface area contributed by atoms with Gasteiger partial charge in [-0.1, -0.05) is 139 Å². The number of nitrogens with zero attached hydrogens (tertiary/aromatic N) is 1. The number of esters is 3. The molecule has 1 saturated heterocycles. The first-order valence-corrected chi connectivity index (χ1v) is 25.6. The predicted molar refractivity (Wildman–Crippen MR) is 248 cm³/mol. The Balaban J connectivity index is 2.25. The van der Waals surface area contributed by atoms with Crippen LogP contribution in [0.3, 0.4) is 0 Å². The van der Waals surface area contributed by atoms with Crippen LogP contribution in [0.4, 0.5) is 0 Å². The lowest BCUT2D eigenvalue weighted by Crippen LogP contribution is -2.31. The summed E-state index contributed by atoms with van der Waals surface area (Å²) in [6.07, 6.45) is 31.0. The van der Waals surface area contributed by atoms with Gasteiger partial charge in [-0.05, 0) is 139 Å². The fourth-order valence-corrected chi connectivity index (χ4v) is 8.58. The Labute approximate surface area is 366 Å². The number of piperidine rings is 1. The number of rotatable bonds is 39. The molecule has 0 aliphatic carbocycles. The maximum Gasteiger partial charge on any atom is 0.306 e. The fraction of sp³-hybridized carbons (Fsp3) is 0.942. The minimum Gasteiger partial charge on any atom is -0.466 e. The van der Waals surface area contributed by atoms with Crippen LogP contribution in [0.15, 0.2) is 0 Å². The average Bonchev–Trinajstić information content (AvgIpc) is 3.18. The van der Waals surface area contributed by atoms with Gasteiger partial charge in [-0.2, -0.15) is 0 Å². The topological polar surface area (TPSA) is 82.1 Å². The van der Waals surface area contributed by atoms with E-state index >= 15 is 0 Å². The van der Waals surface area contributed by atoms with Crippen molar-refractivity contribution in [3.63, 3.8) is 0 Å². The minimum absolute atomic E-state index is 0.0132. The standard InChI is InChI=1S/C52H99NO6/c1-43(2)34-36-47(45(5)6)28-27-41-57-50(54)31-22-17-13-9-11-15-20-29-49(59-52(56)33-26-40-53-38-24-19-25-39-53)30-21-16-12-10-14-18-23-32-51(55)58-42-48(46(7)8)37-35-44(3)4/h43-49H,9-42H2,1-8H3. The third kappa shape index (κ3) is 33.7. The predicted octanol–water partition coefficient (Wildman–Crippen LogP) is 14.5. The van der Waals surface area contributed by atoms with Crippen molar-refractivity contribution in [1.29, 1.82) is 0 Å². The molecule has 7 nitrogen and oxygen atoms in total. The molecule has 0 amide bonds. The quantitative estimate of drug-likeness (QED) is 0.0346. The zero-order chi connectivity index (χ0) is 43.5. The number of hydrogen-bond donors (Lipinski definition) is 0. The van der Waals surface area contributed by atoms with E-state index in [1.54, 1.807) is 0 Å². The van der Waals surface area contributed by atoms with E-state index in [0.717, 1.165) is 108 Å².